The van der Waals surface area contributed by atoms with Gasteiger partial charge in [0.25, 0.3) is 0 Å². The largest absolute Gasteiger partial charge is 0.416 e. The Morgan fingerprint density at radius 1 is 0.900 bits per heavy atom. The Bertz CT molecular complexity index is 1130. The van der Waals surface area contributed by atoms with Gasteiger partial charge in [0.15, 0.2) is 0 Å². The Balaban J connectivity index is 1.49. The van der Waals surface area contributed by atoms with E-state index in [9.17, 15) is 31.1 Å². The molecule has 2 heterocycles. The van der Waals surface area contributed by atoms with E-state index in [4.69, 9.17) is 4.74 Å². The molecule has 2 fully saturated rings. The topological polar surface area (TPSA) is 36.0 Å². The lowest BCUT2D eigenvalue weighted by molar-refractivity contribution is -0.143. The summed E-state index contributed by atoms with van der Waals surface area (Å²) in [5.74, 6) is -0.265. The van der Waals surface area contributed by atoms with Crippen LogP contribution >= 0.6 is 0 Å². The minimum Gasteiger partial charge on any atom is -0.373 e. The predicted octanol–water partition coefficient (Wildman–Crippen LogP) is 5.57. The number of carbonyl (C=O) groups is 1. The van der Waals surface area contributed by atoms with E-state index in [2.05, 4.69) is 16.7 Å². The molecule has 0 radical (unpaired) electrons. The van der Waals surface area contributed by atoms with Gasteiger partial charge in [-0.2, -0.15) is 26.3 Å². The number of benzene rings is 2. The highest BCUT2D eigenvalue weighted by Crippen LogP contribution is 2.37. The molecule has 2 saturated heterocycles. The van der Waals surface area contributed by atoms with E-state index in [1.807, 2.05) is 31.2 Å². The number of ether oxygens (including phenoxy) is 1. The average Bonchev–Trinajstić information content (AvgIpc) is 2.91. The third-order valence-electron chi connectivity index (χ3n) is 7.87. The summed E-state index contributed by atoms with van der Waals surface area (Å²) in [4.78, 5) is 19.5. The smallest absolute Gasteiger partial charge is 0.373 e. The highest BCUT2D eigenvalue weighted by atomic mass is 19.4. The summed E-state index contributed by atoms with van der Waals surface area (Å²) in [6.45, 7) is 9.15. The van der Waals surface area contributed by atoms with Crippen LogP contribution in [0.3, 0.4) is 0 Å². The number of alkyl halides is 6. The van der Waals surface area contributed by atoms with E-state index < -0.39 is 36.2 Å². The van der Waals surface area contributed by atoms with Crippen molar-refractivity contribution in [3.63, 3.8) is 0 Å². The molecule has 4 rings (SSSR count). The second kappa shape index (κ2) is 12.5. The maximum absolute atomic E-state index is 13.3. The highest BCUT2D eigenvalue weighted by Gasteiger charge is 2.38. The van der Waals surface area contributed by atoms with Crippen molar-refractivity contribution in [1.29, 1.82) is 0 Å². The van der Waals surface area contributed by atoms with Crippen molar-refractivity contribution in [1.82, 2.24) is 14.7 Å². The molecule has 2 aromatic carbocycles. The van der Waals surface area contributed by atoms with Crippen molar-refractivity contribution in [3.8, 4) is 0 Å². The van der Waals surface area contributed by atoms with Gasteiger partial charge in [-0.15, -0.1) is 0 Å². The number of hydrogen-bond acceptors (Lipinski definition) is 4. The van der Waals surface area contributed by atoms with E-state index in [1.54, 1.807) is 4.90 Å². The fraction of sp³-hybridized carbons (Fsp3) is 0.552. The van der Waals surface area contributed by atoms with Crippen LogP contribution < -0.4 is 0 Å². The zero-order chi connectivity index (χ0) is 29.1. The van der Waals surface area contributed by atoms with Crippen LogP contribution in [0.5, 0.6) is 0 Å². The van der Waals surface area contributed by atoms with E-state index in [1.165, 1.54) is 0 Å². The van der Waals surface area contributed by atoms with Crippen molar-refractivity contribution >= 4 is 5.91 Å². The van der Waals surface area contributed by atoms with Gasteiger partial charge in [0.2, 0.25) is 5.91 Å². The summed E-state index contributed by atoms with van der Waals surface area (Å²) in [6.07, 6.45) is -9.91. The van der Waals surface area contributed by atoms with E-state index in [0.29, 0.717) is 38.2 Å². The molecule has 0 aliphatic carbocycles. The van der Waals surface area contributed by atoms with Gasteiger partial charge in [0.05, 0.1) is 30.4 Å². The third kappa shape index (κ3) is 7.55. The Labute approximate surface area is 230 Å². The molecule has 11 heteroatoms. The van der Waals surface area contributed by atoms with Crippen LogP contribution in [0.25, 0.3) is 0 Å². The molecule has 0 bridgehead atoms. The molecule has 0 saturated carbocycles. The number of rotatable bonds is 7. The minimum absolute atomic E-state index is 0.00896. The summed E-state index contributed by atoms with van der Waals surface area (Å²) in [6, 6.07) is 9.15. The lowest BCUT2D eigenvalue weighted by Crippen LogP contribution is -2.52. The molecule has 0 N–H and O–H groups in total. The molecule has 5 nitrogen and oxygen atoms in total. The van der Waals surface area contributed by atoms with Crippen molar-refractivity contribution in [2.75, 3.05) is 52.4 Å². The summed E-state index contributed by atoms with van der Waals surface area (Å²) in [5.41, 5.74) is -1.00. The molecule has 0 spiro atoms. The monoisotopic (exact) mass is 571 g/mol. The molecule has 0 unspecified atom stereocenters. The lowest BCUT2D eigenvalue weighted by atomic mass is 9.85. The van der Waals surface area contributed by atoms with E-state index in [-0.39, 0.29) is 23.5 Å². The maximum Gasteiger partial charge on any atom is 0.416 e. The van der Waals surface area contributed by atoms with Crippen molar-refractivity contribution in [2.24, 2.45) is 0 Å². The fourth-order valence-corrected chi connectivity index (χ4v) is 5.52. The lowest BCUT2D eigenvalue weighted by Gasteiger charge is -2.40. The first-order valence-corrected chi connectivity index (χ1v) is 13.5. The Morgan fingerprint density at radius 2 is 1.50 bits per heavy atom. The number of carbonyl (C=O) groups excluding carboxylic acids is 1. The van der Waals surface area contributed by atoms with Crippen molar-refractivity contribution in [2.45, 2.75) is 51.2 Å². The zero-order valence-electron chi connectivity index (χ0n) is 22.7. The molecule has 0 aromatic heterocycles. The second-order valence-electron chi connectivity index (χ2n) is 10.6. The van der Waals surface area contributed by atoms with Crippen LogP contribution in [-0.4, -0.2) is 79.1 Å². The van der Waals surface area contributed by atoms with Crippen LogP contribution in [0.15, 0.2) is 42.5 Å². The maximum atomic E-state index is 13.3. The molecule has 2 aromatic rings. The fourth-order valence-electron chi connectivity index (χ4n) is 5.52. The second-order valence-corrected chi connectivity index (χ2v) is 10.6. The van der Waals surface area contributed by atoms with Gasteiger partial charge in [-0.1, -0.05) is 31.2 Å². The van der Waals surface area contributed by atoms with Crippen molar-refractivity contribution < 1.29 is 35.9 Å². The van der Waals surface area contributed by atoms with Crippen molar-refractivity contribution in [3.05, 3.63) is 70.3 Å². The minimum atomic E-state index is -4.92. The number of hydrogen-bond donors (Lipinski definition) is 0. The molecule has 2 atom stereocenters. The number of piperazine rings is 1. The highest BCUT2D eigenvalue weighted by molar-refractivity contribution is 5.78. The Hall–Kier alpha value is -2.63. The SMILES string of the molecule is CCN1CCN(CC(=O)N2CC[C@H](OCc3cc(C(F)(F)F)cc(C(F)(F)F)c3)[C@H](c3ccccc3C)C2)CC1. The molecule has 2 aliphatic heterocycles. The quantitative estimate of drug-likeness (QED) is 0.407. The number of likely N-dealkylation sites (tertiary alicyclic amines) is 1. The Kier molecular flexibility index (Phi) is 9.47. The number of piperidine rings is 1. The summed E-state index contributed by atoms with van der Waals surface area (Å²) in [5, 5.41) is 0. The number of aryl methyl sites for hydroxylation is 1. The van der Waals surface area contributed by atoms with E-state index >= 15 is 0 Å². The zero-order valence-corrected chi connectivity index (χ0v) is 22.7. The number of nitrogens with zero attached hydrogens (tertiary/aromatic N) is 3. The summed E-state index contributed by atoms with van der Waals surface area (Å²) in [7, 11) is 0. The molecule has 1 amide bonds. The van der Waals surface area contributed by atoms with Gasteiger partial charge in [-0.25, -0.2) is 0 Å². The van der Waals surface area contributed by atoms with Gasteiger partial charge in [0.1, 0.15) is 0 Å². The number of amides is 1. The van der Waals surface area contributed by atoms with Crippen LogP contribution in [0, 0.1) is 6.92 Å². The van der Waals surface area contributed by atoms with Crippen LogP contribution in [0.4, 0.5) is 26.3 Å². The first-order valence-electron chi connectivity index (χ1n) is 13.5. The first-order chi connectivity index (χ1) is 18.8. The standard InChI is InChI=1S/C29H35F6N3O2/c1-3-36-10-12-37(13-11-36)18-27(39)38-9-8-26(25(17-38)24-7-5-4-6-20(24)2)40-19-21-14-22(28(30,31)32)16-23(15-21)29(33,34)35/h4-7,14-16,25-26H,3,8-13,17-19H2,1-2H3/t25-,26-/m0/s1. The average molecular weight is 572 g/mol. The predicted molar refractivity (Wildman–Crippen MR) is 139 cm³/mol. The van der Waals surface area contributed by atoms with Gasteiger partial charge < -0.3 is 14.5 Å². The number of halogens is 6. The van der Waals surface area contributed by atoms with E-state index in [0.717, 1.165) is 43.9 Å². The molecule has 220 valence electrons. The third-order valence-corrected chi connectivity index (χ3v) is 7.87. The molecule has 40 heavy (non-hydrogen) atoms. The van der Waals surface area contributed by atoms with Gasteiger partial charge in [-0.05, 0) is 54.8 Å². The normalized spacial score (nSPS) is 21.6. The van der Waals surface area contributed by atoms with Gasteiger partial charge >= 0.3 is 12.4 Å². The molecular weight excluding hydrogens is 536 g/mol. The first kappa shape index (κ1) is 30.3. The summed E-state index contributed by atoms with van der Waals surface area (Å²) < 4.78 is 86.0. The van der Waals surface area contributed by atoms with Crippen LogP contribution in [0.2, 0.25) is 0 Å². The molecular formula is C29H35F6N3O2. The van der Waals surface area contributed by atoms with Crippen LogP contribution in [-0.2, 0) is 28.5 Å². The number of likely N-dealkylation sites (N-methyl/N-ethyl adjacent to an activating group) is 1. The molecule has 2 aliphatic rings. The summed E-state index contributed by atoms with van der Waals surface area (Å²) >= 11 is 0. The van der Waals surface area contributed by atoms with Gasteiger partial charge in [0, 0.05) is 45.2 Å². The van der Waals surface area contributed by atoms with Crippen LogP contribution in [0.1, 0.15) is 47.1 Å². The Morgan fingerprint density at radius 3 is 2.08 bits per heavy atom. The van der Waals surface area contributed by atoms with Gasteiger partial charge in [-0.3, -0.25) is 9.69 Å².